The van der Waals surface area contributed by atoms with Crippen molar-refractivity contribution < 1.29 is 9.59 Å². The molecule has 1 amide bonds. The van der Waals surface area contributed by atoms with E-state index < -0.39 is 11.7 Å². The van der Waals surface area contributed by atoms with Crippen molar-refractivity contribution in [3.05, 3.63) is 138 Å². The van der Waals surface area contributed by atoms with Gasteiger partial charge in [-0.25, -0.2) is 0 Å². The number of nitrogens with zero attached hydrogens (tertiary/aromatic N) is 1. The molecule has 2 aromatic carbocycles. The third-order valence-electron chi connectivity index (χ3n) is 5.92. The van der Waals surface area contributed by atoms with Gasteiger partial charge in [0.1, 0.15) is 0 Å². The third kappa shape index (κ3) is 7.34. The fraction of sp³-hybridized carbons (Fsp3) is 0.125. The van der Waals surface area contributed by atoms with Crippen molar-refractivity contribution in [1.29, 1.82) is 0 Å². The molecule has 194 valence electrons. The van der Waals surface area contributed by atoms with Crippen LogP contribution in [0.3, 0.4) is 0 Å². The first kappa shape index (κ1) is 28.2. The van der Waals surface area contributed by atoms with Gasteiger partial charge in [0.15, 0.2) is 0 Å². The Balaban J connectivity index is 0.000000934. The van der Waals surface area contributed by atoms with E-state index in [2.05, 4.69) is 37.3 Å². The number of amides is 1. The second kappa shape index (κ2) is 13.8. The lowest BCUT2D eigenvalue weighted by molar-refractivity contribution is -0.132. The maximum atomic E-state index is 13.2. The average molecular weight is 526 g/mol. The Morgan fingerprint density at radius 1 is 1.08 bits per heavy atom. The molecule has 1 unspecified atom stereocenters. The zero-order valence-electron chi connectivity index (χ0n) is 21.5. The van der Waals surface area contributed by atoms with Crippen molar-refractivity contribution in [2.24, 2.45) is 0 Å². The summed E-state index contributed by atoms with van der Waals surface area (Å²) >= 11 is 6.01. The van der Waals surface area contributed by atoms with Gasteiger partial charge in [-0.15, -0.1) is 0 Å². The molecule has 4 rings (SSSR count). The predicted molar refractivity (Wildman–Crippen MR) is 160 cm³/mol. The summed E-state index contributed by atoms with van der Waals surface area (Å²) in [4.78, 5) is 28.0. The molecule has 0 aromatic heterocycles. The molecule has 0 aliphatic carbocycles. The van der Waals surface area contributed by atoms with Crippen LogP contribution < -0.4 is 10.6 Å². The molecule has 0 radical (unpaired) electrons. The summed E-state index contributed by atoms with van der Waals surface area (Å²) < 4.78 is 0. The largest absolute Gasteiger partial charge is 0.381 e. The summed E-state index contributed by atoms with van der Waals surface area (Å²) in [6.45, 7) is 13.4. The highest BCUT2D eigenvalue weighted by Crippen LogP contribution is 2.26. The molecule has 2 aromatic rings. The lowest BCUT2D eigenvalue weighted by Crippen LogP contribution is -2.33. The Kier molecular flexibility index (Phi) is 10.3. The van der Waals surface area contributed by atoms with E-state index in [0.29, 0.717) is 16.4 Å². The number of carbonyl (C=O) groups is 2. The molecule has 2 aliphatic heterocycles. The zero-order valence-corrected chi connectivity index (χ0v) is 22.2. The van der Waals surface area contributed by atoms with Crippen molar-refractivity contribution in [2.75, 3.05) is 17.2 Å². The molecule has 38 heavy (non-hydrogen) atoms. The summed E-state index contributed by atoms with van der Waals surface area (Å²) in [5.41, 5.74) is 4.52. The second-order valence-electron chi connectivity index (χ2n) is 8.63. The van der Waals surface area contributed by atoms with E-state index >= 15 is 0 Å². The van der Waals surface area contributed by atoms with Crippen LogP contribution in [0.5, 0.6) is 0 Å². The minimum atomic E-state index is -0.705. The Morgan fingerprint density at radius 2 is 1.82 bits per heavy atom. The van der Waals surface area contributed by atoms with E-state index in [1.165, 1.54) is 6.08 Å². The van der Waals surface area contributed by atoms with Gasteiger partial charge in [-0.05, 0) is 67.0 Å². The van der Waals surface area contributed by atoms with Crippen molar-refractivity contribution >= 4 is 40.7 Å². The van der Waals surface area contributed by atoms with Gasteiger partial charge >= 0.3 is 0 Å². The molecule has 2 heterocycles. The van der Waals surface area contributed by atoms with Crippen LogP contribution in [0.25, 0.3) is 6.08 Å². The number of benzene rings is 2. The third-order valence-corrected chi connectivity index (χ3v) is 6.18. The molecule has 0 fully saturated rings. The summed E-state index contributed by atoms with van der Waals surface area (Å²) in [7, 11) is 0. The summed E-state index contributed by atoms with van der Waals surface area (Å²) in [5.74, 6) is -1.34. The first-order valence-corrected chi connectivity index (χ1v) is 12.6. The van der Waals surface area contributed by atoms with E-state index in [1.807, 2.05) is 77.9 Å². The van der Waals surface area contributed by atoms with E-state index in [-0.39, 0.29) is 11.6 Å². The fourth-order valence-corrected chi connectivity index (χ4v) is 4.17. The number of allylic oxidation sites excluding steroid dienone is 6. The molecule has 6 heteroatoms. The summed E-state index contributed by atoms with van der Waals surface area (Å²) in [6.07, 6.45) is 16.9. The molecule has 5 nitrogen and oxygen atoms in total. The highest BCUT2D eigenvalue weighted by atomic mass is 35.5. The zero-order chi connectivity index (χ0) is 27.5. The molecule has 0 saturated heterocycles. The molecule has 0 spiro atoms. The van der Waals surface area contributed by atoms with Crippen LogP contribution in [0.4, 0.5) is 11.4 Å². The fourth-order valence-electron chi connectivity index (χ4n) is 4.05. The maximum Gasteiger partial charge on any atom is 0.296 e. The minimum absolute atomic E-state index is 0.0307. The monoisotopic (exact) mass is 525 g/mol. The molecular weight excluding hydrogens is 494 g/mol. The smallest absolute Gasteiger partial charge is 0.296 e. The van der Waals surface area contributed by atoms with E-state index in [9.17, 15) is 9.59 Å². The quantitative estimate of drug-likeness (QED) is 0.219. The number of halogens is 1. The van der Waals surface area contributed by atoms with Gasteiger partial charge in [-0.3, -0.25) is 9.59 Å². The van der Waals surface area contributed by atoms with E-state index in [0.717, 1.165) is 29.8 Å². The normalized spacial score (nSPS) is 15.2. The van der Waals surface area contributed by atoms with Crippen LogP contribution in [-0.4, -0.2) is 29.2 Å². The Morgan fingerprint density at radius 3 is 2.50 bits per heavy atom. The summed E-state index contributed by atoms with van der Waals surface area (Å²) in [6, 6.07) is 13.2. The Bertz CT molecular complexity index is 1330. The number of Topliss-reactive ketones (excluding diaryl/α,β-unsaturated/α-hetero) is 1. The first-order valence-electron chi connectivity index (χ1n) is 12.3. The molecular formula is C32H32ClN3O2. The standard InChI is InChI=1S/C28H26ClN3O2.C4H6/c1-3-24(27(33)28(34)31-23-13-14-25-21(18-23)7-6-15-30-25)26-8-4-5-16-32(26)19(2)17-20-9-11-22(29)12-10-20;1-3-4-2/h3-14,16,18-19,30H,1,15,17H2,2H3,(H,31,34);3-4H,1-2H2/b26-24+;. The van der Waals surface area contributed by atoms with Gasteiger partial charge < -0.3 is 15.5 Å². The second-order valence-corrected chi connectivity index (χ2v) is 9.07. The Hall–Kier alpha value is -4.35. The molecule has 1 atom stereocenters. The van der Waals surface area contributed by atoms with Crippen LogP contribution >= 0.6 is 11.6 Å². The van der Waals surface area contributed by atoms with Gasteiger partial charge in [0.2, 0.25) is 0 Å². The van der Waals surface area contributed by atoms with Crippen molar-refractivity contribution in [1.82, 2.24) is 4.90 Å². The van der Waals surface area contributed by atoms with Crippen LogP contribution in [0.2, 0.25) is 5.02 Å². The summed E-state index contributed by atoms with van der Waals surface area (Å²) in [5, 5.41) is 6.68. The number of anilines is 2. The number of rotatable bonds is 8. The highest BCUT2D eigenvalue weighted by molar-refractivity contribution is 6.47. The van der Waals surface area contributed by atoms with E-state index in [1.54, 1.807) is 18.2 Å². The minimum Gasteiger partial charge on any atom is -0.381 e. The van der Waals surface area contributed by atoms with Gasteiger partial charge in [-0.2, -0.15) is 0 Å². The Labute approximate surface area is 229 Å². The van der Waals surface area contributed by atoms with Crippen molar-refractivity contribution in [3.8, 4) is 0 Å². The maximum absolute atomic E-state index is 13.2. The van der Waals surface area contributed by atoms with Crippen LogP contribution in [0, 0.1) is 0 Å². The number of nitrogens with one attached hydrogen (secondary N) is 2. The topological polar surface area (TPSA) is 61.4 Å². The van der Waals surface area contributed by atoms with Gasteiger partial charge in [-0.1, -0.05) is 79.9 Å². The van der Waals surface area contributed by atoms with Crippen molar-refractivity contribution in [3.63, 3.8) is 0 Å². The van der Waals surface area contributed by atoms with E-state index in [4.69, 9.17) is 11.6 Å². The van der Waals surface area contributed by atoms with Gasteiger partial charge in [0.05, 0.1) is 11.3 Å². The van der Waals surface area contributed by atoms with Crippen LogP contribution in [-0.2, 0) is 16.0 Å². The molecule has 2 aliphatic rings. The average Bonchev–Trinajstić information content (AvgIpc) is 2.95. The number of carbonyl (C=O) groups excluding carboxylic acids is 2. The molecule has 2 N–H and O–H groups in total. The van der Waals surface area contributed by atoms with Crippen LogP contribution in [0.1, 0.15) is 18.1 Å². The van der Waals surface area contributed by atoms with Gasteiger partial charge in [0, 0.05) is 35.2 Å². The predicted octanol–water partition coefficient (Wildman–Crippen LogP) is 7.10. The number of ketones is 1. The van der Waals surface area contributed by atoms with Gasteiger partial charge in [0.25, 0.3) is 11.7 Å². The number of hydrogen-bond acceptors (Lipinski definition) is 4. The number of hydrogen-bond donors (Lipinski definition) is 2. The lowest BCUT2D eigenvalue weighted by atomic mass is 10.0. The van der Waals surface area contributed by atoms with Crippen LogP contribution in [0.15, 0.2) is 122 Å². The van der Waals surface area contributed by atoms with Crippen molar-refractivity contribution in [2.45, 2.75) is 19.4 Å². The highest BCUT2D eigenvalue weighted by Gasteiger charge is 2.25. The SMILES string of the molecule is C=C/C(C(=O)C(=O)Nc1ccc2c(c1)C=CCN2)=C1/C=CC=CN1C(C)Cc1ccc(Cl)cc1.C=CC=C. The number of fused-ring (bicyclic) bond motifs is 1. The molecule has 0 bridgehead atoms. The lowest BCUT2D eigenvalue weighted by Gasteiger charge is -2.31. The first-order chi connectivity index (χ1) is 18.4. The molecule has 0 saturated carbocycles.